The summed E-state index contributed by atoms with van der Waals surface area (Å²) in [5.41, 5.74) is 4.29. The van der Waals surface area contributed by atoms with Crippen molar-refractivity contribution >= 4 is 11.6 Å². The fourth-order valence-corrected chi connectivity index (χ4v) is 5.18. The molecule has 0 spiro atoms. The summed E-state index contributed by atoms with van der Waals surface area (Å²) in [6.45, 7) is 2.33. The summed E-state index contributed by atoms with van der Waals surface area (Å²) in [4.78, 5) is 2.50. The molecule has 2 aromatic rings. The molecule has 4 rings (SSSR count). The summed E-state index contributed by atoms with van der Waals surface area (Å²) in [5.74, 6) is 2.20. The predicted octanol–water partition coefficient (Wildman–Crippen LogP) is 6.67. The standard InChI is InChI=1S/C25H32ClN/c1-27(15-14-19-8-4-2-5-9-19)18-22-16-24(22)21-12-13-23(25(26)17-21)20-10-6-3-7-11-20/h2,4-5,8-9,12-13,17,20,22,24H,3,6-7,10-11,14-16,18H2,1H3. The highest BCUT2D eigenvalue weighted by Gasteiger charge is 2.39. The number of nitrogens with zero attached hydrogens (tertiary/aromatic N) is 1. The Morgan fingerprint density at radius 1 is 1.00 bits per heavy atom. The lowest BCUT2D eigenvalue weighted by Gasteiger charge is -2.23. The Hall–Kier alpha value is -1.31. The van der Waals surface area contributed by atoms with Gasteiger partial charge in [0.15, 0.2) is 0 Å². The third-order valence-corrected chi connectivity index (χ3v) is 6.92. The number of rotatable bonds is 7. The van der Waals surface area contributed by atoms with Crippen LogP contribution in [0.4, 0.5) is 0 Å². The van der Waals surface area contributed by atoms with Gasteiger partial charge >= 0.3 is 0 Å². The zero-order valence-corrected chi connectivity index (χ0v) is 17.3. The number of likely N-dealkylation sites (N-methyl/N-ethyl adjacent to an activating group) is 1. The average Bonchev–Trinajstić information content (AvgIpc) is 3.47. The summed E-state index contributed by atoms with van der Waals surface area (Å²) < 4.78 is 0. The van der Waals surface area contributed by atoms with Crippen molar-refractivity contribution in [3.8, 4) is 0 Å². The molecule has 2 aliphatic carbocycles. The van der Waals surface area contributed by atoms with Crippen molar-refractivity contribution in [1.29, 1.82) is 0 Å². The van der Waals surface area contributed by atoms with Crippen LogP contribution in [0.3, 0.4) is 0 Å². The van der Waals surface area contributed by atoms with Gasteiger partial charge in [0.05, 0.1) is 0 Å². The van der Waals surface area contributed by atoms with Crippen LogP contribution >= 0.6 is 11.6 Å². The molecule has 0 bridgehead atoms. The number of hydrogen-bond donors (Lipinski definition) is 0. The summed E-state index contributed by atoms with van der Waals surface area (Å²) in [7, 11) is 2.26. The van der Waals surface area contributed by atoms with Crippen molar-refractivity contribution in [2.24, 2.45) is 5.92 Å². The SMILES string of the molecule is CN(CCc1ccccc1)CC1CC1c1ccc(C2CCCCC2)c(Cl)c1. The molecular weight excluding hydrogens is 350 g/mol. The highest BCUT2D eigenvalue weighted by atomic mass is 35.5. The molecule has 0 radical (unpaired) electrons. The molecule has 27 heavy (non-hydrogen) atoms. The Balaban J connectivity index is 1.28. The van der Waals surface area contributed by atoms with E-state index in [1.165, 1.54) is 61.8 Å². The minimum absolute atomic E-state index is 0.694. The second kappa shape index (κ2) is 8.80. The van der Waals surface area contributed by atoms with Gasteiger partial charge in [0.2, 0.25) is 0 Å². The minimum atomic E-state index is 0.694. The highest BCUT2D eigenvalue weighted by Crippen LogP contribution is 2.49. The van der Waals surface area contributed by atoms with Crippen molar-refractivity contribution in [2.45, 2.75) is 56.8 Å². The van der Waals surface area contributed by atoms with Crippen LogP contribution in [0.15, 0.2) is 48.5 Å². The first-order chi connectivity index (χ1) is 13.2. The summed E-state index contributed by atoms with van der Waals surface area (Å²) >= 11 is 6.70. The lowest BCUT2D eigenvalue weighted by Crippen LogP contribution is -2.24. The van der Waals surface area contributed by atoms with Crippen LogP contribution in [-0.4, -0.2) is 25.0 Å². The van der Waals surface area contributed by atoms with Crippen molar-refractivity contribution in [1.82, 2.24) is 4.90 Å². The van der Waals surface area contributed by atoms with Crippen LogP contribution in [0, 0.1) is 5.92 Å². The highest BCUT2D eigenvalue weighted by molar-refractivity contribution is 6.31. The van der Waals surface area contributed by atoms with E-state index in [1.807, 2.05) is 0 Å². The summed E-state index contributed by atoms with van der Waals surface area (Å²) in [6.07, 6.45) is 9.21. The summed E-state index contributed by atoms with van der Waals surface area (Å²) in [5, 5.41) is 1.02. The Morgan fingerprint density at radius 2 is 1.78 bits per heavy atom. The fourth-order valence-electron chi connectivity index (χ4n) is 4.83. The van der Waals surface area contributed by atoms with Gasteiger partial charge in [-0.05, 0) is 73.2 Å². The van der Waals surface area contributed by atoms with Gasteiger partial charge in [-0.2, -0.15) is 0 Å². The van der Waals surface area contributed by atoms with Crippen molar-refractivity contribution in [3.63, 3.8) is 0 Å². The first kappa shape index (κ1) is 19.0. The normalized spacial score (nSPS) is 22.9. The maximum atomic E-state index is 6.70. The molecule has 1 nitrogen and oxygen atoms in total. The van der Waals surface area contributed by atoms with Crippen LogP contribution in [0.1, 0.15) is 67.1 Å². The Labute approximate surface area is 169 Å². The van der Waals surface area contributed by atoms with E-state index >= 15 is 0 Å². The molecule has 2 aliphatic rings. The van der Waals surface area contributed by atoms with Crippen LogP contribution in [0.5, 0.6) is 0 Å². The maximum Gasteiger partial charge on any atom is 0.0443 e. The molecule has 2 unspecified atom stereocenters. The van der Waals surface area contributed by atoms with Crippen molar-refractivity contribution in [2.75, 3.05) is 20.1 Å². The number of halogens is 1. The number of benzene rings is 2. The molecule has 2 saturated carbocycles. The van der Waals surface area contributed by atoms with Gasteiger partial charge in [-0.3, -0.25) is 0 Å². The first-order valence-electron chi connectivity index (χ1n) is 10.7. The van der Waals surface area contributed by atoms with E-state index in [9.17, 15) is 0 Å². The lowest BCUT2D eigenvalue weighted by atomic mass is 9.83. The Bertz CT molecular complexity index is 735. The van der Waals surface area contributed by atoms with E-state index in [0.717, 1.165) is 23.9 Å². The van der Waals surface area contributed by atoms with Crippen LogP contribution in [0.2, 0.25) is 5.02 Å². The van der Waals surface area contributed by atoms with Crippen LogP contribution in [0.25, 0.3) is 0 Å². The van der Waals surface area contributed by atoms with E-state index in [2.05, 4.69) is 60.5 Å². The van der Waals surface area contributed by atoms with Crippen LogP contribution in [-0.2, 0) is 6.42 Å². The van der Waals surface area contributed by atoms with E-state index in [-0.39, 0.29) is 0 Å². The van der Waals surface area contributed by atoms with E-state index in [0.29, 0.717) is 11.8 Å². The van der Waals surface area contributed by atoms with Gasteiger partial charge in [-0.15, -0.1) is 0 Å². The molecule has 0 N–H and O–H groups in total. The molecule has 2 fully saturated rings. The van der Waals surface area contributed by atoms with Crippen molar-refractivity contribution in [3.05, 3.63) is 70.2 Å². The molecule has 0 aromatic heterocycles. The Kier molecular flexibility index (Phi) is 6.20. The second-order valence-electron chi connectivity index (χ2n) is 8.72. The second-order valence-corrected chi connectivity index (χ2v) is 9.12. The topological polar surface area (TPSA) is 3.24 Å². The van der Waals surface area contributed by atoms with Crippen molar-refractivity contribution < 1.29 is 0 Å². The van der Waals surface area contributed by atoms with E-state index in [4.69, 9.17) is 11.6 Å². The zero-order valence-electron chi connectivity index (χ0n) is 16.5. The molecule has 2 atom stereocenters. The molecule has 0 aliphatic heterocycles. The Morgan fingerprint density at radius 3 is 2.52 bits per heavy atom. The van der Waals surface area contributed by atoms with E-state index in [1.54, 1.807) is 0 Å². The largest absolute Gasteiger partial charge is 0.306 e. The maximum absolute atomic E-state index is 6.70. The minimum Gasteiger partial charge on any atom is -0.306 e. The third kappa shape index (κ3) is 4.95. The van der Waals surface area contributed by atoms with Gasteiger partial charge in [-0.25, -0.2) is 0 Å². The lowest BCUT2D eigenvalue weighted by molar-refractivity contribution is 0.322. The summed E-state index contributed by atoms with van der Waals surface area (Å²) in [6, 6.07) is 17.8. The molecule has 0 heterocycles. The average molecular weight is 382 g/mol. The van der Waals surface area contributed by atoms with E-state index < -0.39 is 0 Å². The first-order valence-corrected chi connectivity index (χ1v) is 11.1. The van der Waals surface area contributed by atoms with Gasteiger partial charge in [0.1, 0.15) is 0 Å². The van der Waals surface area contributed by atoms with Gasteiger partial charge in [0.25, 0.3) is 0 Å². The third-order valence-electron chi connectivity index (χ3n) is 6.59. The fraction of sp³-hybridized carbons (Fsp3) is 0.520. The molecule has 144 valence electrons. The van der Waals surface area contributed by atoms with Gasteiger partial charge in [0, 0.05) is 18.1 Å². The van der Waals surface area contributed by atoms with Gasteiger partial charge < -0.3 is 4.90 Å². The molecule has 0 amide bonds. The number of hydrogen-bond acceptors (Lipinski definition) is 1. The smallest absolute Gasteiger partial charge is 0.0443 e. The quantitative estimate of drug-likeness (QED) is 0.517. The molecule has 2 aromatic carbocycles. The van der Waals surface area contributed by atoms with Crippen LogP contribution < -0.4 is 0 Å². The zero-order chi connectivity index (χ0) is 18.6. The molecular formula is C25H32ClN. The molecule has 0 saturated heterocycles. The predicted molar refractivity (Wildman–Crippen MR) is 116 cm³/mol. The monoisotopic (exact) mass is 381 g/mol. The molecule has 2 heteroatoms. The van der Waals surface area contributed by atoms with Gasteiger partial charge in [-0.1, -0.05) is 73.3 Å².